The molecule has 1 aliphatic rings. The lowest BCUT2D eigenvalue weighted by molar-refractivity contribution is -0.255. The van der Waals surface area contributed by atoms with Crippen LogP contribution < -0.4 is 5.11 Å². The summed E-state index contributed by atoms with van der Waals surface area (Å²) in [4.78, 5) is 25.2. The molecule has 8 heteroatoms. The molecule has 1 fully saturated rings. The highest BCUT2D eigenvalue weighted by Gasteiger charge is 2.30. The van der Waals surface area contributed by atoms with E-state index in [1.54, 1.807) is 18.2 Å². The number of aromatic carboxylic acids is 1. The molecule has 0 saturated carbocycles. The third-order valence-electron chi connectivity index (χ3n) is 4.25. The van der Waals surface area contributed by atoms with Crippen molar-refractivity contribution in [1.82, 2.24) is 9.21 Å². The number of sulfonamides is 1. The minimum absolute atomic E-state index is 0.0684. The van der Waals surface area contributed by atoms with Crippen LogP contribution >= 0.6 is 0 Å². The molecular formula is C18H17N2O5S-. The molecular weight excluding hydrogens is 356 g/mol. The standard InChI is InChI=1S/C18H18N2O5S/c21-17(14-5-4-6-15(13-14)18(22)23)19-9-11-20(12-10-19)26(24,25)16-7-2-1-3-8-16/h1-8,13H,9-12H2,(H,22,23)/p-1. The zero-order valence-electron chi connectivity index (χ0n) is 13.9. The van der Waals surface area contributed by atoms with Gasteiger partial charge in [-0.1, -0.05) is 30.3 Å². The van der Waals surface area contributed by atoms with Crippen molar-refractivity contribution < 1.29 is 23.1 Å². The summed E-state index contributed by atoms with van der Waals surface area (Å²) >= 11 is 0. The van der Waals surface area contributed by atoms with Gasteiger partial charge in [-0.25, -0.2) is 8.42 Å². The number of benzene rings is 2. The Morgan fingerprint density at radius 3 is 2.08 bits per heavy atom. The van der Waals surface area contributed by atoms with Crippen molar-refractivity contribution >= 4 is 21.9 Å². The molecule has 136 valence electrons. The van der Waals surface area contributed by atoms with E-state index in [1.807, 2.05) is 0 Å². The summed E-state index contributed by atoms with van der Waals surface area (Å²) in [5.74, 6) is -1.68. The first-order chi connectivity index (χ1) is 12.4. The number of rotatable bonds is 4. The van der Waals surface area contributed by atoms with Crippen molar-refractivity contribution in [2.45, 2.75) is 4.90 Å². The Hall–Kier alpha value is -2.71. The van der Waals surface area contributed by atoms with E-state index in [1.165, 1.54) is 45.6 Å². The molecule has 1 saturated heterocycles. The summed E-state index contributed by atoms with van der Waals surface area (Å²) in [6, 6.07) is 13.8. The minimum atomic E-state index is -3.58. The first kappa shape index (κ1) is 18.1. The van der Waals surface area contributed by atoms with Gasteiger partial charge in [-0.2, -0.15) is 4.31 Å². The average molecular weight is 373 g/mol. The predicted octanol–water partition coefficient (Wildman–Crippen LogP) is 0.197. The summed E-state index contributed by atoms with van der Waals surface area (Å²) < 4.78 is 26.6. The molecule has 0 unspecified atom stereocenters. The maximum atomic E-state index is 12.6. The maximum Gasteiger partial charge on any atom is 0.253 e. The molecule has 0 atom stereocenters. The van der Waals surface area contributed by atoms with Crippen molar-refractivity contribution in [3.8, 4) is 0 Å². The van der Waals surface area contributed by atoms with Crippen LogP contribution in [0.1, 0.15) is 20.7 Å². The predicted molar refractivity (Wildman–Crippen MR) is 91.9 cm³/mol. The minimum Gasteiger partial charge on any atom is -0.545 e. The van der Waals surface area contributed by atoms with Gasteiger partial charge in [0.25, 0.3) is 5.91 Å². The fraction of sp³-hybridized carbons (Fsp3) is 0.222. The second-order valence-corrected chi connectivity index (χ2v) is 7.82. The van der Waals surface area contributed by atoms with Gasteiger partial charge in [0.2, 0.25) is 10.0 Å². The van der Waals surface area contributed by atoms with Gasteiger partial charge < -0.3 is 14.8 Å². The normalized spacial score (nSPS) is 15.6. The van der Waals surface area contributed by atoms with Gasteiger partial charge in [0.05, 0.1) is 10.9 Å². The van der Waals surface area contributed by atoms with E-state index in [2.05, 4.69) is 0 Å². The number of amides is 1. The topological polar surface area (TPSA) is 97.8 Å². The Morgan fingerprint density at radius 1 is 0.846 bits per heavy atom. The lowest BCUT2D eigenvalue weighted by Crippen LogP contribution is -2.50. The molecule has 1 aliphatic heterocycles. The zero-order valence-corrected chi connectivity index (χ0v) is 14.7. The molecule has 26 heavy (non-hydrogen) atoms. The molecule has 3 rings (SSSR count). The maximum absolute atomic E-state index is 12.6. The Kier molecular flexibility index (Phi) is 5.06. The lowest BCUT2D eigenvalue weighted by atomic mass is 10.1. The van der Waals surface area contributed by atoms with Crippen molar-refractivity contribution in [3.05, 3.63) is 65.7 Å². The van der Waals surface area contributed by atoms with Gasteiger partial charge in [-0.3, -0.25) is 4.79 Å². The number of nitrogens with zero attached hydrogens (tertiary/aromatic N) is 2. The van der Waals surface area contributed by atoms with Crippen molar-refractivity contribution in [2.75, 3.05) is 26.2 Å². The van der Waals surface area contributed by atoms with Gasteiger partial charge in [-0.15, -0.1) is 0 Å². The molecule has 2 aromatic rings. The summed E-state index contributed by atoms with van der Waals surface area (Å²) in [6.45, 7) is 0.840. The molecule has 0 aromatic heterocycles. The first-order valence-electron chi connectivity index (χ1n) is 8.05. The number of hydrogen-bond acceptors (Lipinski definition) is 5. The SMILES string of the molecule is O=C([O-])c1cccc(C(=O)N2CCN(S(=O)(=O)c3ccccc3)CC2)c1. The quantitative estimate of drug-likeness (QED) is 0.762. The van der Waals surface area contributed by atoms with Crippen molar-refractivity contribution in [1.29, 1.82) is 0 Å². The van der Waals surface area contributed by atoms with Crippen LogP contribution in [0.2, 0.25) is 0 Å². The van der Waals surface area contributed by atoms with Crippen LogP contribution in [0.15, 0.2) is 59.5 Å². The van der Waals surface area contributed by atoms with E-state index < -0.39 is 16.0 Å². The molecule has 1 heterocycles. The molecule has 0 spiro atoms. The van der Waals surface area contributed by atoms with E-state index in [0.717, 1.165) is 0 Å². The largest absolute Gasteiger partial charge is 0.545 e. The van der Waals surface area contributed by atoms with E-state index in [-0.39, 0.29) is 48.1 Å². The van der Waals surface area contributed by atoms with Crippen LogP contribution in [-0.4, -0.2) is 55.7 Å². The fourth-order valence-electron chi connectivity index (χ4n) is 2.83. The molecule has 0 radical (unpaired) electrons. The van der Waals surface area contributed by atoms with E-state index in [0.29, 0.717) is 0 Å². The number of carboxylic acid groups (broad SMARTS) is 1. The second-order valence-electron chi connectivity index (χ2n) is 5.88. The van der Waals surface area contributed by atoms with E-state index in [4.69, 9.17) is 0 Å². The van der Waals surface area contributed by atoms with E-state index >= 15 is 0 Å². The summed E-state index contributed by atoms with van der Waals surface area (Å²) in [7, 11) is -3.58. The highest BCUT2D eigenvalue weighted by atomic mass is 32.2. The molecule has 0 N–H and O–H groups in total. The van der Waals surface area contributed by atoms with Crippen LogP contribution in [0.3, 0.4) is 0 Å². The first-order valence-corrected chi connectivity index (χ1v) is 9.49. The zero-order chi connectivity index (χ0) is 18.7. The second kappa shape index (κ2) is 7.27. The Labute approximate surface area is 151 Å². The monoisotopic (exact) mass is 373 g/mol. The smallest absolute Gasteiger partial charge is 0.253 e. The molecule has 7 nitrogen and oxygen atoms in total. The Bertz CT molecular complexity index is 920. The van der Waals surface area contributed by atoms with Gasteiger partial charge in [-0.05, 0) is 29.8 Å². The average Bonchev–Trinajstić information content (AvgIpc) is 2.68. The van der Waals surface area contributed by atoms with Gasteiger partial charge in [0.15, 0.2) is 0 Å². The number of hydrogen-bond donors (Lipinski definition) is 0. The highest BCUT2D eigenvalue weighted by Crippen LogP contribution is 2.18. The molecule has 0 bridgehead atoms. The van der Waals surface area contributed by atoms with Crippen molar-refractivity contribution in [3.63, 3.8) is 0 Å². The number of carbonyl (C=O) groups is 2. The third-order valence-corrected chi connectivity index (χ3v) is 6.16. The summed E-state index contributed by atoms with van der Waals surface area (Å²) in [5.41, 5.74) is 0.173. The van der Waals surface area contributed by atoms with Crippen molar-refractivity contribution in [2.24, 2.45) is 0 Å². The fourth-order valence-corrected chi connectivity index (χ4v) is 4.28. The third kappa shape index (κ3) is 3.61. The van der Waals surface area contributed by atoms with Crippen LogP contribution in [0.4, 0.5) is 0 Å². The molecule has 1 amide bonds. The van der Waals surface area contributed by atoms with Gasteiger partial charge in [0, 0.05) is 31.7 Å². The molecule has 0 aliphatic carbocycles. The summed E-state index contributed by atoms with van der Waals surface area (Å²) in [5, 5.41) is 10.9. The highest BCUT2D eigenvalue weighted by molar-refractivity contribution is 7.89. The van der Waals surface area contributed by atoms with Crippen LogP contribution in [0, 0.1) is 0 Å². The Morgan fingerprint density at radius 2 is 1.46 bits per heavy atom. The van der Waals surface area contributed by atoms with Crippen LogP contribution in [0.5, 0.6) is 0 Å². The number of carboxylic acids is 1. The number of piperazine rings is 1. The summed E-state index contributed by atoms with van der Waals surface area (Å²) in [6.07, 6.45) is 0. The van der Waals surface area contributed by atoms with E-state index in [9.17, 15) is 23.1 Å². The van der Waals surface area contributed by atoms with Crippen LogP contribution in [0.25, 0.3) is 0 Å². The van der Waals surface area contributed by atoms with Crippen LogP contribution in [-0.2, 0) is 10.0 Å². The molecule has 2 aromatic carbocycles. The van der Waals surface area contributed by atoms with Gasteiger partial charge >= 0.3 is 0 Å². The Balaban J connectivity index is 1.70. The number of carbonyl (C=O) groups excluding carboxylic acids is 2. The van der Waals surface area contributed by atoms with Gasteiger partial charge in [0.1, 0.15) is 0 Å². The lowest BCUT2D eigenvalue weighted by Gasteiger charge is -2.34.